The number of nitrogens with one attached hydrogen (secondary N) is 1. The van der Waals surface area contributed by atoms with Crippen molar-refractivity contribution in [2.45, 2.75) is 12.6 Å². The molecule has 2 heterocycles. The second-order valence-electron chi connectivity index (χ2n) is 7.21. The van der Waals surface area contributed by atoms with Crippen LogP contribution >= 0.6 is 11.6 Å². The fraction of sp³-hybridized carbons (Fsp3) is 0.174. The van der Waals surface area contributed by atoms with E-state index >= 15 is 0 Å². The summed E-state index contributed by atoms with van der Waals surface area (Å²) in [5.41, 5.74) is -0.621. The molecule has 12 heteroatoms. The number of hydrogen-bond donors (Lipinski definition) is 1. The lowest BCUT2D eigenvalue weighted by molar-refractivity contribution is -0.141. The van der Waals surface area contributed by atoms with E-state index in [2.05, 4.69) is 20.3 Å². The molecule has 0 atom stereocenters. The molecule has 0 fully saturated rings. The minimum absolute atomic E-state index is 0.0544. The van der Waals surface area contributed by atoms with E-state index in [-0.39, 0.29) is 34.0 Å². The Hall–Kier alpha value is -3.73. The summed E-state index contributed by atoms with van der Waals surface area (Å²) >= 11 is 5.84. The average molecular weight is 511 g/mol. The van der Waals surface area contributed by atoms with E-state index in [0.29, 0.717) is 13.0 Å². The van der Waals surface area contributed by atoms with E-state index in [0.717, 1.165) is 30.2 Å². The summed E-state index contributed by atoms with van der Waals surface area (Å²) in [7, 11) is 1.38. The van der Waals surface area contributed by atoms with Crippen LogP contribution < -0.4 is 14.8 Å². The van der Waals surface area contributed by atoms with Gasteiger partial charge >= 0.3 is 6.18 Å². The third-order valence-electron chi connectivity index (χ3n) is 4.96. The van der Waals surface area contributed by atoms with Crippen molar-refractivity contribution in [3.63, 3.8) is 0 Å². The van der Waals surface area contributed by atoms with Gasteiger partial charge in [0.1, 0.15) is 40.1 Å². The van der Waals surface area contributed by atoms with Crippen molar-refractivity contribution in [3.05, 3.63) is 76.8 Å². The Bertz CT molecular complexity index is 1380. The zero-order valence-electron chi connectivity index (χ0n) is 18.0. The maximum absolute atomic E-state index is 14.2. The molecule has 0 aliphatic carbocycles. The molecule has 0 amide bonds. The normalized spacial score (nSPS) is 11.5. The molecule has 0 bridgehead atoms. The van der Waals surface area contributed by atoms with Gasteiger partial charge in [-0.1, -0.05) is 17.7 Å². The second-order valence-corrected chi connectivity index (χ2v) is 7.59. The summed E-state index contributed by atoms with van der Waals surface area (Å²) < 4.78 is 78.2. The largest absolute Gasteiger partial charge is 0.493 e. The predicted molar refractivity (Wildman–Crippen MR) is 119 cm³/mol. The van der Waals surface area contributed by atoms with Crippen molar-refractivity contribution in [2.24, 2.45) is 0 Å². The molecule has 4 rings (SSSR count). The van der Waals surface area contributed by atoms with Crippen LogP contribution in [0.1, 0.15) is 11.3 Å². The van der Waals surface area contributed by atoms with Gasteiger partial charge in [-0.3, -0.25) is 4.98 Å². The number of ether oxygens (including phenoxy) is 2. The van der Waals surface area contributed by atoms with Crippen LogP contribution in [0.15, 0.2) is 48.9 Å². The highest BCUT2D eigenvalue weighted by Gasteiger charge is 2.36. The molecule has 0 spiro atoms. The molecule has 0 saturated carbocycles. The number of nitrogens with zero attached hydrogens (tertiary/aromatic N) is 3. The molecule has 1 N–H and O–H groups in total. The van der Waals surface area contributed by atoms with E-state index in [1.54, 1.807) is 12.1 Å². The highest BCUT2D eigenvalue weighted by atomic mass is 35.5. The Morgan fingerprint density at radius 2 is 1.71 bits per heavy atom. The van der Waals surface area contributed by atoms with Gasteiger partial charge in [-0.05, 0) is 36.2 Å². The Balaban J connectivity index is 1.50. The topological polar surface area (TPSA) is 69.2 Å². The van der Waals surface area contributed by atoms with Crippen molar-refractivity contribution in [2.75, 3.05) is 19.0 Å². The molecule has 4 aromatic rings. The molecule has 0 aliphatic rings. The lowest BCUT2D eigenvalue weighted by atomic mass is 10.1. The number of hydrogen-bond acceptors (Lipinski definition) is 6. The van der Waals surface area contributed by atoms with Crippen LogP contribution in [0.4, 0.5) is 27.8 Å². The molecule has 35 heavy (non-hydrogen) atoms. The molecule has 182 valence electrons. The summed E-state index contributed by atoms with van der Waals surface area (Å²) in [5, 5.41) is 2.24. The smallest absolute Gasteiger partial charge is 0.434 e. The van der Waals surface area contributed by atoms with E-state index in [4.69, 9.17) is 21.1 Å². The summed E-state index contributed by atoms with van der Waals surface area (Å²) in [6, 6.07) is 8.04. The first-order valence-corrected chi connectivity index (χ1v) is 10.5. The first-order valence-electron chi connectivity index (χ1n) is 10.1. The maximum Gasteiger partial charge on any atom is 0.434 e. The zero-order valence-corrected chi connectivity index (χ0v) is 18.7. The average Bonchev–Trinajstić information content (AvgIpc) is 2.83. The monoisotopic (exact) mass is 510 g/mol. The highest BCUT2D eigenvalue weighted by molar-refractivity contribution is 6.32. The summed E-state index contributed by atoms with van der Waals surface area (Å²) in [4.78, 5) is 11.1. The van der Waals surface area contributed by atoms with E-state index in [9.17, 15) is 22.0 Å². The molecule has 0 unspecified atom stereocenters. The fourth-order valence-electron chi connectivity index (χ4n) is 3.33. The standard InChI is InChI=1S/C23H16ClF5N4O2/c1-34-17-10-12(2-5-15(17)35-16-7-9-30-21(19(16)24)23(27,28)29)6-8-31-22-18-13(25)3-4-14(26)20(18)32-11-33-22/h2-5,7,9-11H,6,8H2,1H3,(H,31,32,33). The fourth-order valence-corrected chi connectivity index (χ4v) is 3.59. The Kier molecular flexibility index (Phi) is 6.88. The molecule has 0 aliphatic heterocycles. The minimum atomic E-state index is -4.74. The van der Waals surface area contributed by atoms with Crippen molar-refractivity contribution in [1.29, 1.82) is 0 Å². The highest BCUT2D eigenvalue weighted by Crippen LogP contribution is 2.41. The van der Waals surface area contributed by atoms with Crippen molar-refractivity contribution in [1.82, 2.24) is 15.0 Å². The first-order chi connectivity index (χ1) is 16.7. The molecule has 2 aromatic carbocycles. The van der Waals surface area contributed by atoms with Crippen LogP contribution in [0.2, 0.25) is 5.02 Å². The van der Waals surface area contributed by atoms with Gasteiger partial charge in [0.05, 0.1) is 12.5 Å². The number of anilines is 1. The van der Waals surface area contributed by atoms with Crippen LogP contribution in [0.5, 0.6) is 17.2 Å². The van der Waals surface area contributed by atoms with Crippen LogP contribution in [-0.4, -0.2) is 28.6 Å². The summed E-state index contributed by atoms with van der Waals surface area (Å²) in [6.45, 7) is 0.302. The lowest BCUT2D eigenvalue weighted by Crippen LogP contribution is -2.09. The van der Waals surface area contributed by atoms with Gasteiger partial charge in [0, 0.05) is 18.8 Å². The van der Waals surface area contributed by atoms with Crippen LogP contribution in [-0.2, 0) is 12.6 Å². The number of fused-ring (bicyclic) bond motifs is 1. The number of methoxy groups -OCH3 is 1. The number of alkyl halides is 3. The molecule has 0 saturated heterocycles. The molecule has 2 aromatic heterocycles. The SMILES string of the molecule is COc1cc(CCNc2ncnc3c(F)ccc(F)c23)ccc1Oc1ccnc(C(F)(F)F)c1Cl. The van der Waals surface area contributed by atoms with Gasteiger partial charge in [0.25, 0.3) is 0 Å². The third-order valence-corrected chi connectivity index (χ3v) is 5.33. The second kappa shape index (κ2) is 9.87. The molecular formula is C23H16ClF5N4O2. The van der Waals surface area contributed by atoms with Gasteiger partial charge in [0.2, 0.25) is 0 Å². The number of pyridine rings is 1. The van der Waals surface area contributed by atoms with Gasteiger partial charge in [0.15, 0.2) is 17.2 Å². The first kappa shape index (κ1) is 24.4. The quantitative estimate of drug-likeness (QED) is 0.289. The van der Waals surface area contributed by atoms with E-state index in [1.807, 2.05) is 0 Å². The Morgan fingerprint density at radius 3 is 2.46 bits per heavy atom. The van der Waals surface area contributed by atoms with Crippen LogP contribution in [0.25, 0.3) is 10.9 Å². The van der Waals surface area contributed by atoms with Crippen molar-refractivity contribution in [3.8, 4) is 17.2 Å². The van der Waals surface area contributed by atoms with Crippen LogP contribution in [0, 0.1) is 11.6 Å². The number of aromatic nitrogens is 3. The van der Waals surface area contributed by atoms with E-state index < -0.39 is 28.5 Å². The molecule has 6 nitrogen and oxygen atoms in total. The van der Waals surface area contributed by atoms with Crippen molar-refractivity contribution >= 4 is 28.3 Å². The number of rotatable bonds is 7. The van der Waals surface area contributed by atoms with Gasteiger partial charge < -0.3 is 14.8 Å². The molecule has 0 radical (unpaired) electrons. The van der Waals surface area contributed by atoms with Gasteiger partial charge in [-0.25, -0.2) is 18.7 Å². The number of benzene rings is 2. The third kappa shape index (κ3) is 5.19. The van der Waals surface area contributed by atoms with Crippen molar-refractivity contribution < 1.29 is 31.4 Å². The summed E-state index contributed by atoms with van der Waals surface area (Å²) in [5.74, 6) is -1.01. The minimum Gasteiger partial charge on any atom is -0.493 e. The van der Waals surface area contributed by atoms with Crippen LogP contribution in [0.3, 0.4) is 0 Å². The predicted octanol–water partition coefficient (Wildman–Crippen LogP) is 6.43. The maximum atomic E-state index is 14.2. The summed E-state index contributed by atoms with van der Waals surface area (Å²) in [6.07, 6.45) is -2.23. The lowest BCUT2D eigenvalue weighted by Gasteiger charge is -2.15. The molecular weight excluding hydrogens is 495 g/mol. The zero-order chi connectivity index (χ0) is 25.2. The number of halogens is 6. The van der Waals surface area contributed by atoms with Gasteiger partial charge in [-0.15, -0.1) is 0 Å². The van der Waals surface area contributed by atoms with Gasteiger partial charge in [-0.2, -0.15) is 13.2 Å². The Labute approximate surface area is 200 Å². The Morgan fingerprint density at radius 1 is 0.943 bits per heavy atom. The van der Waals surface area contributed by atoms with E-state index in [1.165, 1.54) is 19.2 Å².